The molecule has 0 radical (unpaired) electrons. The second-order valence-electron chi connectivity index (χ2n) is 3.36. The third-order valence-electron chi connectivity index (χ3n) is 2.10. The fourth-order valence-corrected chi connectivity index (χ4v) is 1.48. The van der Waals surface area contributed by atoms with Crippen LogP contribution in [-0.2, 0) is 0 Å². The van der Waals surface area contributed by atoms with E-state index in [1.165, 1.54) is 4.90 Å². The van der Waals surface area contributed by atoms with Gasteiger partial charge in [-0.3, -0.25) is 0 Å². The molecule has 90 valence electrons. The number of anilines is 1. The Hall–Kier alpha value is -1.44. The van der Waals surface area contributed by atoms with Gasteiger partial charge in [-0.2, -0.15) is 5.26 Å². The maximum atomic E-state index is 11.7. The number of rotatable bonds is 3. The second kappa shape index (κ2) is 6.33. The number of hydrogen-bond donors (Lipinski definition) is 1. The van der Waals surface area contributed by atoms with Gasteiger partial charge < -0.3 is 10.2 Å². The number of nitriles is 1. The quantitative estimate of drug-likeness (QED) is 0.917. The summed E-state index contributed by atoms with van der Waals surface area (Å²) in [5, 5.41) is 11.7. The molecule has 0 atom stereocenters. The summed E-state index contributed by atoms with van der Waals surface area (Å²) in [5.74, 6) is 0. The number of halogens is 2. The summed E-state index contributed by atoms with van der Waals surface area (Å²) in [4.78, 5) is 13.1. The Morgan fingerprint density at radius 2 is 2.24 bits per heavy atom. The van der Waals surface area contributed by atoms with Crippen LogP contribution in [0.4, 0.5) is 10.5 Å². The van der Waals surface area contributed by atoms with E-state index in [4.69, 9.17) is 28.5 Å². The summed E-state index contributed by atoms with van der Waals surface area (Å²) in [7, 11) is 1.60. The van der Waals surface area contributed by atoms with Gasteiger partial charge in [0.2, 0.25) is 0 Å². The first-order chi connectivity index (χ1) is 8.06. The Kier molecular flexibility index (Phi) is 5.08. The van der Waals surface area contributed by atoms with Crippen molar-refractivity contribution >= 4 is 34.9 Å². The van der Waals surface area contributed by atoms with Crippen LogP contribution in [-0.4, -0.2) is 24.5 Å². The van der Waals surface area contributed by atoms with Crippen molar-refractivity contribution < 1.29 is 4.79 Å². The van der Waals surface area contributed by atoms with Crippen molar-refractivity contribution in [3.63, 3.8) is 0 Å². The summed E-state index contributed by atoms with van der Waals surface area (Å²) < 4.78 is 0. The zero-order valence-electron chi connectivity index (χ0n) is 9.20. The van der Waals surface area contributed by atoms with Gasteiger partial charge in [0.1, 0.15) is 0 Å². The Bertz CT molecular complexity index is 457. The number of carbonyl (C=O) groups excluding carboxylic acids is 1. The summed E-state index contributed by atoms with van der Waals surface area (Å²) in [5.41, 5.74) is 0.452. The topological polar surface area (TPSA) is 56.1 Å². The van der Waals surface area contributed by atoms with Crippen molar-refractivity contribution in [3.05, 3.63) is 28.2 Å². The molecule has 0 fully saturated rings. The predicted molar refractivity (Wildman–Crippen MR) is 68.3 cm³/mol. The molecular formula is C11H11Cl2N3O. The fraction of sp³-hybridized carbons (Fsp3) is 0.273. The van der Waals surface area contributed by atoms with Crippen molar-refractivity contribution in [3.8, 4) is 6.07 Å². The number of hydrogen-bond acceptors (Lipinski definition) is 2. The van der Waals surface area contributed by atoms with Crippen LogP contribution < -0.4 is 5.32 Å². The maximum Gasteiger partial charge on any atom is 0.321 e. The highest BCUT2D eigenvalue weighted by Gasteiger charge is 2.11. The van der Waals surface area contributed by atoms with E-state index in [9.17, 15) is 4.79 Å². The van der Waals surface area contributed by atoms with E-state index >= 15 is 0 Å². The molecule has 0 aliphatic rings. The molecule has 17 heavy (non-hydrogen) atoms. The van der Waals surface area contributed by atoms with Crippen LogP contribution in [0.5, 0.6) is 0 Å². The lowest BCUT2D eigenvalue weighted by molar-refractivity contribution is 0.223. The highest BCUT2D eigenvalue weighted by Crippen LogP contribution is 2.29. The molecule has 0 aliphatic carbocycles. The molecule has 0 unspecified atom stereocenters. The average molecular weight is 272 g/mol. The predicted octanol–water partition coefficient (Wildman–Crippen LogP) is 3.37. The number of amides is 2. The molecule has 0 heterocycles. The zero-order chi connectivity index (χ0) is 12.8. The van der Waals surface area contributed by atoms with Gasteiger partial charge >= 0.3 is 6.03 Å². The molecule has 0 saturated carbocycles. The van der Waals surface area contributed by atoms with Crippen LogP contribution in [0.15, 0.2) is 18.2 Å². The van der Waals surface area contributed by atoms with E-state index < -0.39 is 0 Å². The van der Waals surface area contributed by atoms with Crippen LogP contribution in [0.2, 0.25) is 10.0 Å². The van der Waals surface area contributed by atoms with Gasteiger partial charge in [-0.05, 0) is 12.1 Å². The van der Waals surface area contributed by atoms with Crippen molar-refractivity contribution in [1.29, 1.82) is 5.26 Å². The normalized spacial score (nSPS) is 9.53. The molecule has 1 rings (SSSR count). The number of carbonyl (C=O) groups is 1. The highest BCUT2D eigenvalue weighted by molar-refractivity contribution is 6.43. The molecule has 1 aromatic carbocycles. The van der Waals surface area contributed by atoms with Gasteiger partial charge in [-0.25, -0.2) is 4.79 Å². The molecule has 4 nitrogen and oxygen atoms in total. The lowest BCUT2D eigenvalue weighted by Gasteiger charge is -2.17. The average Bonchev–Trinajstić information content (AvgIpc) is 2.31. The SMILES string of the molecule is CN(CCC#N)C(=O)Nc1cccc(Cl)c1Cl. The lowest BCUT2D eigenvalue weighted by Crippen LogP contribution is -2.32. The first-order valence-electron chi connectivity index (χ1n) is 4.89. The van der Waals surface area contributed by atoms with Crippen molar-refractivity contribution in [2.75, 3.05) is 18.9 Å². The Morgan fingerprint density at radius 1 is 1.53 bits per heavy atom. The molecular weight excluding hydrogens is 261 g/mol. The van der Waals surface area contributed by atoms with Crippen LogP contribution in [0, 0.1) is 11.3 Å². The Morgan fingerprint density at radius 3 is 2.88 bits per heavy atom. The van der Waals surface area contributed by atoms with E-state index in [2.05, 4.69) is 5.32 Å². The van der Waals surface area contributed by atoms with Crippen molar-refractivity contribution in [2.45, 2.75) is 6.42 Å². The molecule has 1 N–H and O–H groups in total. The van der Waals surface area contributed by atoms with Crippen LogP contribution >= 0.6 is 23.2 Å². The van der Waals surface area contributed by atoms with E-state index in [1.807, 2.05) is 6.07 Å². The summed E-state index contributed by atoms with van der Waals surface area (Å²) in [6, 6.07) is 6.63. The van der Waals surface area contributed by atoms with Gasteiger partial charge in [0, 0.05) is 13.6 Å². The zero-order valence-corrected chi connectivity index (χ0v) is 10.7. The van der Waals surface area contributed by atoms with Gasteiger partial charge in [-0.15, -0.1) is 0 Å². The smallest absolute Gasteiger partial charge is 0.321 e. The van der Waals surface area contributed by atoms with Crippen LogP contribution in [0.25, 0.3) is 0 Å². The molecule has 2 amide bonds. The summed E-state index contributed by atoms with van der Waals surface area (Å²) >= 11 is 11.7. The van der Waals surface area contributed by atoms with Gasteiger partial charge in [0.25, 0.3) is 0 Å². The summed E-state index contributed by atoms with van der Waals surface area (Å²) in [6.45, 7) is 0.362. The third kappa shape index (κ3) is 3.81. The highest BCUT2D eigenvalue weighted by atomic mass is 35.5. The van der Waals surface area contributed by atoms with Gasteiger partial charge in [-0.1, -0.05) is 29.3 Å². The van der Waals surface area contributed by atoms with E-state index in [-0.39, 0.29) is 12.5 Å². The molecule has 0 aromatic heterocycles. The Labute approximate surface area is 110 Å². The number of nitrogens with one attached hydrogen (secondary N) is 1. The number of nitrogens with zero attached hydrogens (tertiary/aromatic N) is 2. The van der Waals surface area contributed by atoms with Crippen LogP contribution in [0.1, 0.15) is 6.42 Å². The van der Waals surface area contributed by atoms with Gasteiger partial charge in [0.05, 0.1) is 28.2 Å². The molecule has 0 aliphatic heterocycles. The standard InChI is InChI=1S/C11H11Cl2N3O/c1-16(7-3-6-14)11(17)15-9-5-2-4-8(12)10(9)13/h2,4-5H,3,7H2,1H3,(H,15,17). The monoisotopic (exact) mass is 271 g/mol. The third-order valence-corrected chi connectivity index (χ3v) is 2.92. The first-order valence-corrected chi connectivity index (χ1v) is 5.65. The minimum Gasteiger partial charge on any atom is -0.327 e. The molecule has 6 heteroatoms. The largest absolute Gasteiger partial charge is 0.327 e. The second-order valence-corrected chi connectivity index (χ2v) is 4.15. The number of urea groups is 1. The summed E-state index contributed by atoms with van der Waals surface area (Å²) in [6.07, 6.45) is 0.285. The molecule has 1 aromatic rings. The Balaban J connectivity index is 2.68. The van der Waals surface area contributed by atoms with Crippen LogP contribution in [0.3, 0.4) is 0 Å². The lowest BCUT2D eigenvalue weighted by atomic mass is 10.3. The molecule has 0 spiro atoms. The van der Waals surface area contributed by atoms with E-state index in [1.54, 1.807) is 25.2 Å². The van der Waals surface area contributed by atoms with E-state index in [0.717, 1.165) is 0 Å². The first kappa shape index (κ1) is 13.6. The van der Waals surface area contributed by atoms with E-state index in [0.29, 0.717) is 22.3 Å². The van der Waals surface area contributed by atoms with Gasteiger partial charge in [0.15, 0.2) is 0 Å². The maximum absolute atomic E-state index is 11.7. The number of benzene rings is 1. The molecule has 0 bridgehead atoms. The van der Waals surface area contributed by atoms with Crippen molar-refractivity contribution in [1.82, 2.24) is 4.90 Å². The fourth-order valence-electron chi connectivity index (χ4n) is 1.13. The van der Waals surface area contributed by atoms with Crippen molar-refractivity contribution in [2.24, 2.45) is 0 Å². The molecule has 0 saturated heterocycles. The minimum atomic E-state index is -0.329. The minimum absolute atomic E-state index is 0.285.